The molecule has 1 aromatic carbocycles. The molecule has 0 fully saturated rings. The molecule has 0 amide bonds. The maximum atomic E-state index is 12.7. The Kier molecular flexibility index (Phi) is 5.34. The van der Waals surface area contributed by atoms with Crippen molar-refractivity contribution < 1.29 is 17.9 Å². The van der Waals surface area contributed by atoms with Crippen molar-refractivity contribution in [2.24, 2.45) is 0 Å². The van der Waals surface area contributed by atoms with E-state index >= 15 is 0 Å². The van der Waals surface area contributed by atoms with Gasteiger partial charge in [0, 0.05) is 17.7 Å². The van der Waals surface area contributed by atoms with Gasteiger partial charge in [0.15, 0.2) is 5.43 Å². The molecule has 0 unspecified atom stereocenters. The molecular formula is C17H20F3NO2. The number of aryl methyl sites for hydroxylation is 1. The number of methoxy groups -OCH3 is 1. The standard InChI is InChI=1S/C17H20F3NO2/c1-11-12(7-4-3-5-10-17(18,19)20)16(22)15-13(21-11)8-6-9-14(15)23-2/h6,8-9H,3-5,7,10H2,1-2H3,(H,21,22). The van der Waals surface area contributed by atoms with E-state index in [4.69, 9.17) is 4.74 Å². The number of hydrogen-bond acceptors (Lipinski definition) is 2. The van der Waals surface area contributed by atoms with Gasteiger partial charge in [-0.25, -0.2) is 0 Å². The number of rotatable bonds is 6. The van der Waals surface area contributed by atoms with Crippen LogP contribution in [-0.4, -0.2) is 18.3 Å². The van der Waals surface area contributed by atoms with Crippen LogP contribution in [0.4, 0.5) is 13.2 Å². The number of fused-ring (bicyclic) bond motifs is 1. The Balaban J connectivity index is 2.16. The molecule has 0 atom stereocenters. The molecule has 1 aromatic heterocycles. The van der Waals surface area contributed by atoms with Crippen molar-refractivity contribution in [3.63, 3.8) is 0 Å². The molecule has 3 nitrogen and oxygen atoms in total. The molecule has 0 saturated heterocycles. The highest BCUT2D eigenvalue weighted by Crippen LogP contribution is 2.24. The lowest BCUT2D eigenvalue weighted by Gasteiger charge is -2.11. The molecule has 0 bridgehead atoms. The largest absolute Gasteiger partial charge is 0.496 e. The summed E-state index contributed by atoms with van der Waals surface area (Å²) in [4.78, 5) is 15.9. The number of H-pyrrole nitrogens is 1. The number of nitrogens with one attached hydrogen (secondary N) is 1. The molecule has 0 aliphatic carbocycles. The van der Waals surface area contributed by atoms with Crippen molar-refractivity contribution in [1.29, 1.82) is 0 Å². The average molecular weight is 327 g/mol. The number of pyridine rings is 1. The first-order valence-corrected chi connectivity index (χ1v) is 7.58. The Morgan fingerprint density at radius 3 is 2.57 bits per heavy atom. The van der Waals surface area contributed by atoms with Crippen LogP contribution in [0, 0.1) is 6.92 Å². The van der Waals surface area contributed by atoms with Crippen LogP contribution in [0.15, 0.2) is 23.0 Å². The van der Waals surface area contributed by atoms with Crippen molar-refractivity contribution in [1.82, 2.24) is 4.98 Å². The van der Waals surface area contributed by atoms with E-state index < -0.39 is 12.6 Å². The fourth-order valence-electron chi connectivity index (χ4n) is 2.74. The zero-order chi connectivity index (χ0) is 17.0. The topological polar surface area (TPSA) is 42.1 Å². The number of aromatic amines is 1. The highest BCUT2D eigenvalue weighted by molar-refractivity contribution is 5.85. The van der Waals surface area contributed by atoms with Crippen LogP contribution in [0.3, 0.4) is 0 Å². The molecule has 6 heteroatoms. The van der Waals surface area contributed by atoms with Crippen LogP contribution in [0.25, 0.3) is 10.9 Å². The summed E-state index contributed by atoms with van der Waals surface area (Å²) in [6, 6.07) is 5.33. The van der Waals surface area contributed by atoms with Gasteiger partial charge in [0.25, 0.3) is 0 Å². The fourth-order valence-corrected chi connectivity index (χ4v) is 2.74. The minimum atomic E-state index is -4.11. The van der Waals surface area contributed by atoms with Gasteiger partial charge >= 0.3 is 6.18 Å². The number of benzene rings is 1. The van der Waals surface area contributed by atoms with Gasteiger partial charge in [0.1, 0.15) is 5.75 Å². The second-order valence-electron chi connectivity index (χ2n) is 5.62. The molecule has 0 saturated carbocycles. The zero-order valence-corrected chi connectivity index (χ0v) is 13.2. The number of unbranched alkanes of at least 4 members (excludes halogenated alkanes) is 2. The van der Waals surface area contributed by atoms with E-state index in [1.165, 1.54) is 7.11 Å². The summed E-state index contributed by atoms with van der Waals surface area (Å²) < 4.78 is 41.6. The minimum Gasteiger partial charge on any atom is -0.496 e. The number of alkyl halides is 3. The van der Waals surface area contributed by atoms with E-state index in [9.17, 15) is 18.0 Å². The lowest BCUT2D eigenvalue weighted by atomic mass is 10.0. The Morgan fingerprint density at radius 1 is 1.17 bits per heavy atom. The van der Waals surface area contributed by atoms with Crippen molar-refractivity contribution in [2.75, 3.05) is 7.11 Å². The summed E-state index contributed by atoms with van der Waals surface area (Å²) in [5, 5.41) is 0.492. The lowest BCUT2D eigenvalue weighted by Crippen LogP contribution is -2.14. The normalized spacial score (nSPS) is 11.9. The molecule has 0 radical (unpaired) electrons. The SMILES string of the molecule is COc1cccc2[nH]c(C)c(CCCCCC(F)(F)F)c(=O)c12. The third-order valence-corrected chi connectivity index (χ3v) is 3.91. The Morgan fingerprint density at radius 2 is 1.91 bits per heavy atom. The molecule has 1 N–H and O–H groups in total. The second kappa shape index (κ2) is 7.06. The smallest absolute Gasteiger partial charge is 0.389 e. The van der Waals surface area contributed by atoms with Crippen molar-refractivity contribution in [3.05, 3.63) is 39.7 Å². The summed E-state index contributed by atoms with van der Waals surface area (Å²) in [5.41, 5.74) is 1.97. The van der Waals surface area contributed by atoms with E-state index in [-0.39, 0.29) is 11.8 Å². The first-order valence-electron chi connectivity index (χ1n) is 7.58. The van der Waals surface area contributed by atoms with Crippen LogP contribution in [0.1, 0.15) is 36.9 Å². The summed E-state index contributed by atoms with van der Waals surface area (Å²) in [6.45, 7) is 1.81. The maximum Gasteiger partial charge on any atom is 0.389 e. The number of halogens is 3. The van der Waals surface area contributed by atoms with Gasteiger partial charge in [-0.15, -0.1) is 0 Å². The highest BCUT2D eigenvalue weighted by Gasteiger charge is 2.25. The van der Waals surface area contributed by atoms with Gasteiger partial charge < -0.3 is 9.72 Å². The lowest BCUT2D eigenvalue weighted by molar-refractivity contribution is -0.135. The second-order valence-corrected chi connectivity index (χ2v) is 5.62. The van der Waals surface area contributed by atoms with Crippen molar-refractivity contribution in [2.45, 2.75) is 45.2 Å². The quantitative estimate of drug-likeness (QED) is 0.793. The van der Waals surface area contributed by atoms with E-state index in [2.05, 4.69) is 4.98 Å². The van der Waals surface area contributed by atoms with Crippen molar-refractivity contribution in [3.8, 4) is 5.75 Å². The summed E-state index contributed by atoms with van der Waals surface area (Å²) in [6.07, 6.45) is -3.31. The monoisotopic (exact) mass is 327 g/mol. The Labute approximate surface area is 132 Å². The van der Waals surface area contributed by atoms with Gasteiger partial charge in [-0.05, 0) is 38.3 Å². The van der Waals surface area contributed by atoms with Gasteiger partial charge in [0.2, 0.25) is 0 Å². The molecule has 23 heavy (non-hydrogen) atoms. The van der Waals surface area contributed by atoms with Gasteiger partial charge in [-0.2, -0.15) is 13.2 Å². The van der Waals surface area contributed by atoms with E-state index in [0.717, 1.165) is 5.69 Å². The Hall–Kier alpha value is -1.98. The van der Waals surface area contributed by atoms with Gasteiger partial charge in [0.05, 0.1) is 18.0 Å². The molecule has 126 valence electrons. The maximum absolute atomic E-state index is 12.7. The molecule has 0 aliphatic rings. The van der Waals surface area contributed by atoms with Gasteiger partial charge in [-0.3, -0.25) is 4.79 Å². The Bertz CT molecular complexity index is 735. The molecular weight excluding hydrogens is 307 g/mol. The van der Waals surface area contributed by atoms with E-state index in [1.807, 2.05) is 6.92 Å². The molecule has 0 spiro atoms. The molecule has 2 rings (SSSR count). The third kappa shape index (κ3) is 4.27. The number of aromatic nitrogens is 1. The first-order chi connectivity index (χ1) is 10.8. The van der Waals surface area contributed by atoms with E-state index in [1.54, 1.807) is 18.2 Å². The first kappa shape index (κ1) is 17.4. The summed E-state index contributed by atoms with van der Waals surface area (Å²) in [7, 11) is 1.50. The zero-order valence-electron chi connectivity index (χ0n) is 13.2. The van der Waals surface area contributed by atoms with Crippen LogP contribution < -0.4 is 10.2 Å². The predicted octanol–water partition coefficient (Wildman–Crippen LogP) is 4.51. The summed E-state index contributed by atoms with van der Waals surface area (Å²) >= 11 is 0. The number of ether oxygens (including phenoxy) is 1. The van der Waals surface area contributed by atoms with Crippen LogP contribution in [0.2, 0.25) is 0 Å². The average Bonchev–Trinajstić information content (AvgIpc) is 2.47. The summed E-state index contributed by atoms with van der Waals surface area (Å²) in [5.74, 6) is 0.502. The van der Waals surface area contributed by atoms with Gasteiger partial charge in [-0.1, -0.05) is 12.5 Å². The fraction of sp³-hybridized carbons (Fsp3) is 0.471. The third-order valence-electron chi connectivity index (χ3n) is 3.91. The highest BCUT2D eigenvalue weighted by atomic mass is 19.4. The van der Waals surface area contributed by atoms with Crippen LogP contribution in [-0.2, 0) is 6.42 Å². The molecule has 1 heterocycles. The minimum absolute atomic E-state index is 0.0946. The van der Waals surface area contributed by atoms with Crippen LogP contribution in [0.5, 0.6) is 5.75 Å². The van der Waals surface area contributed by atoms with Crippen LogP contribution >= 0.6 is 0 Å². The van der Waals surface area contributed by atoms with Crippen molar-refractivity contribution >= 4 is 10.9 Å². The molecule has 0 aliphatic heterocycles. The predicted molar refractivity (Wildman–Crippen MR) is 84.1 cm³/mol. The number of hydrogen-bond donors (Lipinski definition) is 1. The molecule has 2 aromatic rings. The van der Waals surface area contributed by atoms with E-state index in [0.29, 0.717) is 41.5 Å².